The maximum absolute atomic E-state index is 13.3. The molecule has 1 unspecified atom stereocenters. The SMILES string of the molecule is CC(C)[C@H](NC(=O)CC(NC(=O)/C=C/c1ccc(C#N)cc1)c1ccc2ccncc2c1)C(=O)[C@@H]1C(=O)NC(=O)[C@H]1C. The number of benzene rings is 2. The Kier molecular flexibility index (Phi) is 9.22. The second-order valence-electron chi connectivity index (χ2n) is 10.6. The monoisotopic (exact) mass is 565 g/mol. The van der Waals surface area contributed by atoms with Gasteiger partial charge in [-0.25, -0.2) is 0 Å². The van der Waals surface area contributed by atoms with Gasteiger partial charge in [0.1, 0.15) is 5.92 Å². The molecule has 10 nitrogen and oxygen atoms in total. The number of amides is 4. The summed E-state index contributed by atoms with van der Waals surface area (Å²) >= 11 is 0. The molecule has 2 heterocycles. The number of ketones is 1. The number of aromatic nitrogens is 1. The lowest BCUT2D eigenvalue weighted by Gasteiger charge is -2.26. The molecule has 0 bridgehead atoms. The molecule has 1 aromatic heterocycles. The molecule has 1 fully saturated rings. The van der Waals surface area contributed by atoms with Gasteiger partial charge >= 0.3 is 0 Å². The summed E-state index contributed by atoms with van der Waals surface area (Å²) in [6, 6.07) is 14.4. The summed E-state index contributed by atoms with van der Waals surface area (Å²) in [5.41, 5.74) is 1.88. The van der Waals surface area contributed by atoms with Gasteiger partial charge in [0.15, 0.2) is 5.78 Å². The number of carbonyl (C=O) groups excluding carboxylic acids is 5. The van der Waals surface area contributed by atoms with Crippen molar-refractivity contribution in [3.63, 3.8) is 0 Å². The molecular formula is C32H31N5O5. The molecule has 2 aromatic carbocycles. The normalized spacial score (nSPS) is 18.0. The number of rotatable bonds is 10. The van der Waals surface area contributed by atoms with Crippen molar-refractivity contribution in [2.24, 2.45) is 17.8 Å². The van der Waals surface area contributed by atoms with Crippen LogP contribution in [0.15, 0.2) is 67.0 Å². The number of hydrogen-bond acceptors (Lipinski definition) is 7. The summed E-state index contributed by atoms with van der Waals surface area (Å²) in [6.07, 6.45) is 6.10. The molecule has 0 spiro atoms. The summed E-state index contributed by atoms with van der Waals surface area (Å²) in [4.78, 5) is 68.0. The third-order valence-electron chi connectivity index (χ3n) is 7.28. The van der Waals surface area contributed by atoms with Crippen molar-refractivity contribution < 1.29 is 24.0 Å². The van der Waals surface area contributed by atoms with Gasteiger partial charge in [0.2, 0.25) is 23.6 Å². The fraction of sp³-hybridized carbons (Fsp3) is 0.281. The summed E-state index contributed by atoms with van der Waals surface area (Å²) < 4.78 is 0. The third kappa shape index (κ3) is 6.93. The highest BCUT2D eigenvalue weighted by Crippen LogP contribution is 2.25. The van der Waals surface area contributed by atoms with Gasteiger partial charge < -0.3 is 10.6 Å². The van der Waals surface area contributed by atoms with Gasteiger partial charge in [-0.1, -0.05) is 45.0 Å². The molecular weight excluding hydrogens is 534 g/mol. The summed E-state index contributed by atoms with van der Waals surface area (Å²) in [5, 5.41) is 18.5. The van der Waals surface area contributed by atoms with Gasteiger partial charge in [0.25, 0.3) is 0 Å². The van der Waals surface area contributed by atoms with E-state index in [1.54, 1.807) is 56.6 Å². The van der Waals surface area contributed by atoms with Gasteiger partial charge in [-0.3, -0.25) is 34.3 Å². The van der Waals surface area contributed by atoms with Crippen LogP contribution in [0.3, 0.4) is 0 Å². The van der Waals surface area contributed by atoms with Crippen LogP contribution >= 0.6 is 0 Å². The quantitative estimate of drug-likeness (QED) is 0.194. The van der Waals surface area contributed by atoms with Crippen LogP contribution in [0.25, 0.3) is 16.8 Å². The van der Waals surface area contributed by atoms with Gasteiger partial charge in [-0.2, -0.15) is 5.26 Å². The minimum Gasteiger partial charge on any atom is -0.346 e. The molecule has 0 saturated carbocycles. The number of carbonyl (C=O) groups is 5. The van der Waals surface area contributed by atoms with Crippen LogP contribution in [0.1, 0.15) is 49.9 Å². The van der Waals surface area contributed by atoms with Crippen molar-refractivity contribution in [2.75, 3.05) is 0 Å². The maximum Gasteiger partial charge on any atom is 0.244 e. The van der Waals surface area contributed by atoms with Gasteiger partial charge in [0.05, 0.1) is 36.1 Å². The fourth-order valence-electron chi connectivity index (χ4n) is 4.88. The molecule has 4 amide bonds. The Hall–Kier alpha value is -5.17. The molecule has 10 heteroatoms. The Balaban J connectivity index is 1.54. The lowest BCUT2D eigenvalue weighted by atomic mass is 9.85. The number of hydrogen-bond donors (Lipinski definition) is 3. The Labute approximate surface area is 243 Å². The Bertz CT molecular complexity index is 1610. The minimum atomic E-state index is -1.18. The highest BCUT2D eigenvalue weighted by Gasteiger charge is 2.46. The van der Waals surface area contributed by atoms with E-state index in [4.69, 9.17) is 5.26 Å². The molecule has 0 radical (unpaired) electrons. The van der Waals surface area contributed by atoms with Crippen molar-refractivity contribution in [3.8, 4) is 6.07 Å². The Morgan fingerprint density at radius 1 is 1.02 bits per heavy atom. The molecule has 4 atom stereocenters. The summed E-state index contributed by atoms with van der Waals surface area (Å²) in [5.74, 6) is -5.03. The smallest absolute Gasteiger partial charge is 0.244 e. The van der Waals surface area contributed by atoms with Crippen molar-refractivity contribution in [3.05, 3.63) is 83.7 Å². The first-order valence-corrected chi connectivity index (χ1v) is 13.6. The highest BCUT2D eigenvalue weighted by molar-refractivity contribution is 6.16. The molecule has 0 aliphatic carbocycles. The van der Waals surface area contributed by atoms with Gasteiger partial charge in [0, 0.05) is 23.9 Å². The van der Waals surface area contributed by atoms with E-state index in [2.05, 4.69) is 20.9 Å². The number of Topliss-reactive ketones (excluding diaryl/α,β-unsaturated/α-hetero) is 1. The van der Waals surface area contributed by atoms with E-state index >= 15 is 0 Å². The van der Waals surface area contributed by atoms with E-state index in [1.807, 2.05) is 30.3 Å². The molecule has 1 aliphatic rings. The van der Waals surface area contributed by atoms with Crippen LogP contribution in [0.4, 0.5) is 0 Å². The molecule has 1 saturated heterocycles. The topological polar surface area (TPSA) is 158 Å². The zero-order valence-corrected chi connectivity index (χ0v) is 23.5. The molecule has 3 aromatic rings. The number of imide groups is 1. The standard InChI is InChI=1S/C32H31N5O5/c1-18(2)29(30(40)28-19(3)31(41)37-32(28)42)36-27(39)15-25(23-10-9-22-12-13-34-17-24(22)14-23)35-26(38)11-8-20-4-6-21(16-33)7-5-20/h4-14,17-19,25,28-29H,15H2,1-3H3,(H,35,38)(H,36,39)(H,37,41,42)/b11-8+/t19-,25?,28+,29-/m0/s1. The number of nitriles is 1. The van der Waals surface area contributed by atoms with Gasteiger partial charge in [-0.05, 0) is 52.8 Å². The predicted molar refractivity (Wildman–Crippen MR) is 155 cm³/mol. The number of fused-ring (bicyclic) bond motifs is 1. The van der Waals surface area contributed by atoms with Crippen LogP contribution in [0.5, 0.6) is 0 Å². The van der Waals surface area contributed by atoms with Crippen molar-refractivity contribution in [1.82, 2.24) is 20.9 Å². The predicted octanol–water partition coefficient (Wildman–Crippen LogP) is 2.99. The molecule has 1 aliphatic heterocycles. The zero-order valence-electron chi connectivity index (χ0n) is 23.5. The van der Waals surface area contributed by atoms with E-state index in [-0.39, 0.29) is 12.3 Å². The largest absolute Gasteiger partial charge is 0.346 e. The van der Waals surface area contributed by atoms with Crippen LogP contribution < -0.4 is 16.0 Å². The molecule has 4 rings (SSSR count). The first-order valence-electron chi connectivity index (χ1n) is 13.6. The van der Waals surface area contributed by atoms with E-state index in [0.717, 1.165) is 16.3 Å². The number of nitrogens with one attached hydrogen (secondary N) is 3. The lowest BCUT2D eigenvalue weighted by Crippen LogP contribution is -2.49. The first-order chi connectivity index (χ1) is 20.1. The average Bonchev–Trinajstić information content (AvgIpc) is 3.24. The number of nitrogens with zero attached hydrogens (tertiary/aromatic N) is 2. The van der Waals surface area contributed by atoms with E-state index in [9.17, 15) is 24.0 Å². The third-order valence-corrected chi connectivity index (χ3v) is 7.28. The fourth-order valence-corrected chi connectivity index (χ4v) is 4.88. The second kappa shape index (κ2) is 13.0. The molecule has 214 valence electrons. The van der Waals surface area contributed by atoms with E-state index < -0.39 is 53.3 Å². The van der Waals surface area contributed by atoms with E-state index in [1.165, 1.54) is 13.0 Å². The van der Waals surface area contributed by atoms with Crippen LogP contribution in [0.2, 0.25) is 0 Å². The first kappa shape index (κ1) is 29.8. The zero-order chi connectivity index (χ0) is 30.4. The van der Waals surface area contributed by atoms with Crippen LogP contribution in [-0.4, -0.2) is 40.4 Å². The molecule has 42 heavy (non-hydrogen) atoms. The maximum atomic E-state index is 13.3. The highest BCUT2D eigenvalue weighted by atomic mass is 16.2. The minimum absolute atomic E-state index is 0.190. The van der Waals surface area contributed by atoms with Gasteiger partial charge in [-0.15, -0.1) is 0 Å². The average molecular weight is 566 g/mol. The lowest BCUT2D eigenvalue weighted by molar-refractivity contribution is -0.137. The summed E-state index contributed by atoms with van der Waals surface area (Å²) in [7, 11) is 0. The van der Waals surface area contributed by atoms with Crippen LogP contribution in [-0.2, 0) is 24.0 Å². The Morgan fingerprint density at radius 2 is 1.76 bits per heavy atom. The Morgan fingerprint density at radius 3 is 2.40 bits per heavy atom. The van der Waals surface area contributed by atoms with Crippen molar-refractivity contribution >= 4 is 46.3 Å². The van der Waals surface area contributed by atoms with E-state index in [0.29, 0.717) is 11.1 Å². The number of pyridine rings is 1. The van der Waals surface area contributed by atoms with Crippen LogP contribution in [0, 0.1) is 29.1 Å². The van der Waals surface area contributed by atoms with Crippen molar-refractivity contribution in [1.29, 1.82) is 5.26 Å². The van der Waals surface area contributed by atoms with Crippen molar-refractivity contribution in [2.45, 2.75) is 39.3 Å². The summed E-state index contributed by atoms with van der Waals surface area (Å²) in [6.45, 7) is 4.99. The molecule has 3 N–H and O–H groups in total. The second-order valence-corrected chi connectivity index (χ2v) is 10.6.